The van der Waals surface area contributed by atoms with Crippen molar-refractivity contribution in [2.24, 2.45) is 0 Å². The first kappa shape index (κ1) is 19.6. The van der Waals surface area contributed by atoms with E-state index in [2.05, 4.69) is 26.1 Å². The molecule has 2 aromatic carbocycles. The normalized spacial score (nSPS) is 14.4. The highest BCUT2D eigenvalue weighted by molar-refractivity contribution is 5.84. The van der Waals surface area contributed by atoms with Gasteiger partial charge in [0.2, 0.25) is 5.76 Å². The second-order valence-corrected chi connectivity index (χ2v) is 7.31. The molecule has 0 unspecified atom stereocenters. The summed E-state index contributed by atoms with van der Waals surface area (Å²) in [5, 5.41) is 18.2. The first-order chi connectivity index (χ1) is 15.0. The Balaban J connectivity index is 1.73. The molecule has 0 amide bonds. The molecule has 0 fully saturated rings. The zero-order valence-corrected chi connectivity index (χ0v) is 16.9. The van der Waals surface area contributed by atoms with Crippen LogP contribution < -0.4 is 0 Å². The van der Waals surface area contributed by atoms with Gasteiger partial charge in [0.15, 0.2) is 0 Å². The lowest BCUT2D eigenvalue weighted by molar-refractivity contribution is 0.109. The van der Waals surface area contributed by atoms with Crippen molar-refractivity contribution in [1.82, 2.24) is 15.0 Å². The van der Waals surface area contributed by atoms with E-state index < -0.39 is 5.60 Å². The van der Waals surface area contributed by atoms with E-state index in [0.29, 0.717) is 5.57 Å². The standard InChI is InChI=1S/C24H16N6O/c1-24(2)21(19(14-25)22(31-24)23(26-3)27-4)17-12-10-16(11-13-17)20-15-30(29-28-20)18-8-6-5-7-9-18/h5-13,15H,1-2H3. The number of nitriles is 1. The number of allylic oxidation sites excluding steroid dienone is 1. The van der Waals surface area contributed by atoms with E-state index in [0.717, 1.165) is 22.5 Å². The van der Waals surface area contributed by atoms with Crippen LogP contribution in [0.4, 0.5) is 0 Å². The fourth-order valence-electron chi connectivity index (χ4n) is 3.57. The van der Waals surface area contributed by atoms with Gasteiger partial charge in [0, 0.05) is 11.1 Å². The van der Waals surface area contributed by atoms with Gasteiger partial charge in [-0.2, -0.15) is 15.0 Å². The van der Waals surface area contributed by atoms with Gasteiger partial charge in [-0.25, -0.2) is 4.68 Å². The third kappa shape index (κ3) is 3.44. The molecule has 3 aromatic rings. The maximum absolute atomic E-state index is 9.74. The molecule has 0 saturated carbocycles. The second kappa shape index (κ2) is 7.63. The first-order valence-corrected chi connectivity index (χ1v) is 9.40. The second-order valence-electron chi connectivity index (χ2n) is 7.31. The Morgan fingerprint density at radius 1 is 1.03 bits per heavy atom. The Bertz CT molecular complexity index is 1320. The number of hydrogen-bond donors (Lipinski definition) is 0. The molecule has 0 bridgehead atoms. The van der Waals surface area contributed by atoms with Crippen molar-refractivity contribution in [1.29, 1.82) is 5.26 Å². The molecule has 7 heteroatoms. The number of aromatic nitrogens is 3. The van der Waals surface area contributed by atoms with Crippen LogP contribution in [0.25, 0.3) is 32.2 Å². The Labute approximate surface area is 179 Å². The monoisotopic (exact) mass is 404 g/mol. The summed E-state index contributed by atoms with van der Waals surface area (Å²) in [5.41, 5.74) is 3.31. The number of para-hydroxylation sites is 1. The van der Waals surface area contributed by atoms with Gasteiger partial charge in [0.25, 0.3) is 0 Å². The highest BCUT2D eigenvalue weighted by Crippen LogP contribution is 2.45. The number of ether oxygens (including phenoxy) is 1. The van der Waals surface area contributed by atoms with E-state index in [4.69, 9.17) is 17.9 Å². The average molecular weight is 404 g/mol. The first-order valence-electron chi connectivity index (χ1n) is 9.40. The lowest BCUT2D eigenvalue weighted by Crippen LogP contribution is -2.20. The third-order valence-corrected chi connectivity index (χ3v) is 4.95. The number of benzene rings is 2. The molecular formula is C24H16N6O. The summed E-state index contributed by atoms with van der Waals surface area (Å²) in [6.07, 6.45) is 1.85. The largest absolute Gasteiger partial charge is 0.563 e. The quantitative estimate of drug-likeness (QED) is 0.574. The lowest BCUT2D eigenvalue weighted by atomic mass is 9.88. The van der Waals surface area contributed by atoms with Gasteiger partial charge < -0.3 is 4.74 Å². The summed E-state index contributed by atoms with van der Waals surface area (Å²) < 4.78 is 7.57. The van der Waals surface area contributed by atoms with Gasteiger partial charge in [0.05, 0.1) is 17.5 Å². The summed E-state index contributed by atoms with van der Waals surface area (Å²) >= 11 is 0. The van der Waals surface area contributed by atoms with Crippen molar-refractivity contribution < 1.29 is 4.74 Å². The molecule has 0 N–H and O–H groups in total. The van der Waals surface area contributed by atoms with E-state index in [1.54, 1.807) is 4.68 Å². The average Bonchev–Trinajstić information content (AvgIpc) is 3.38. The van der Waals surface area contributed by atoms with Crippen molar-refractivity contribution in [2.45, 2.75) is 19.4 Å². The van der Waals surface area contributed by atoms with Gasteiger partial charge in [-0.3, -0.25) is 0 Å². The summed E-state index contributed by atoms with van der Waals surface area (Å²) in [4.78, 5) is 6.42. The van der Waals surface area contributed by atoms with Crippen LogP contribution in [-0.2, 0) is 4.74 Å². The number of hydrogen-bond acceptors (Lipinski definition) is 4. The maximum atomic E-state index is 9.74. The molecule has 1 aliphatic heterocycles. The molecule has 0 saturated heterocycles. The van der Waals surface area contributed by atoms with Gasteiger partial charge in [0.1, 0.15) is 30.5 Å². The summed E-state index contributed by atoms with van der Waals surface area (Å²) in [6, 6.07) is 19.4. The molecule has 0 radical (unpaired) electrons. The maximum Gasteiger partial charge on any atom is 0.563 e. The van der Waals surface area contributed by atoms with Crippen LogP contribution in [0.3, 0.4) is 0 Å². The molecule has 2 heterocycles. The minimum atomic E-state index is -0.848. The Hall–Kier alpha value is -4.67. The minimum absolute atomic E-state index is 0.0439. The van der Waals surface area contributed by atoms with E-state index in [1.807, 2.05) is 74.6 Å². The van der Waals surface area contributed by atoms with Crippen LogP contribution >= 0.6 is 0 Å². The van der Waals surface area contributed by atoms with Crippen molar-refractivity contribution in [3.8, 4) is 23.0 Å². The molecule has 148 valence electrons. The van der Waals surface area contributed by atoms with E-state index in [1.165, 1.54) is 0 Å². The predicted molar refractivity (Wildman–Crippen MR) is 115 cm³/mol. The van der Waals surface area contributed by atoms with Gasteiger partial charge in [-0.1, -0.05) is 47.7 Å². The molecule has 1 aromatic heterocycles. The molecule has 0 spiro atoms. The molecular weight excluding hydrogens is 388 g/mol. The Morgan fingerprint density at radius 2 is 1.68 bits per heavy atom. The Kier molecular flexibility index (Phi) is 4.83. The van der Waals surface area contributed by atoms with E-state index in [9.17, 15) is 5.26 Å². The topological polar surface area (TPSA) is 72.5 Å². The van der Waals surface area contributed by atoms with Crippen LogP contribution in [-0.4, -0.2) is 20.6 Å². The van der Waals surface area contributed by atoms with Crippen LogP contribution in [0.2, 0.25) is 0 Å². The number of nitrogens with zero attached hydrogens (tertiary/aromatic N) is 6. The predicted octanol–water partition coefficient (Wildman–Crippen LogP) is 5.03. The molecule has 7 nitrogen and oxygen atoms in total. The smallest absolute Gasteiger partial charge is 0.485 e. The highest BCUT2D eigenvalue weighted by atomic mass is 16.5. The summed E-state index contributed by atoms with van der Waals surface area (Å²) in [5.74, 6) is -0.198. The highest BCUT2D eigenvalue weighted by Gasteiger charge is 2.42. The van der Waals surface area contributed by atoms with Crippen molar-refractivity contribution in [2.75, 3.05) is 0 Å². The van der Waals surface area contributed by atoms with Crippen LogP contribution in [0.5, 0.6) is 0 Å². The zero-order valence-electron chi connectivity index (χ0n) is 16.9. The SMILES string of the molecule is [C-]#[N+]C([N+]#[C-])=C1OC(C)(C)C(c2ccc(-c3cn(-c4ccccc4)nn3)cc2)=C1C#N. The summed E-state index contributed by atoms with van der Waals surface area (Å²) in [7, 11) is 0. The van der Waals surface area contributed by atoms with Crippen molar-refractivity contribution in [3.05, 3.63) is 106 Å². The zero-order chi connectivity index (χ0) is 22.0. The molecule has 4 rings (SSSR count). The van der Waals surface area contributed by atoms with Crippen LogP contribution in [0.15, 0.2) is 77.9 Å². The van der Waals surface area contributed by atoms with Crippen molar-refractivity contribution in [3.63, 3.8) is 0 Å². The lowest BCUT2D eigenvalue weighted by Gasteiger charge is -2.22. The molecule has 0 atom stereocenters. The molecule has 0 aliphatic carbocycles. The molecule has 31 heavy (non-hydrogen) atoms. The number of rotatable bonds is 3. The van der Waals surface area contributed by atoms with E-state index in [-0.39, 0.29) is 17.2 Å². The fraction of sp³-hybridized carbons (Fsp3) is 0.125. The summed E-state index contributed by atoms with van der Waals surface area (Å²) in [6.45, 7) is 18.0. The van der Waals surface area contributed by atoms with Crippen molar-refractivity contribution >= 4 is 5.57 Å². The van der Waals surface area contributed by atoms with E-state index >= 15 is 0 Å². The Morgan fingerprint density at radius 3 is 2.29 bits per heavy atom. The van der Waals surface area contributed by atoms with Crippen LogP contribution in [0.1, 0.15) is 19.4 Å². The van der Waals surface area contributed by atoms with Crippen LogP contribution in [0, 0.1) is 24.5 Å². The molecule has 1 aliphatic rings. The van der Waals surface area contributed by atoms with Gasteiger partial charge in [-0.05, 0) is 31.5 Å². The fourth-order valence-corrected chi connectivity index (χ4v) is 3.57. The van der Waals surface area contributed by atoms with Gasteiger partial charge in [-0.15, -0.1) is 5.10 Å². The third-order valence-electron chi connectivity index (χ3n) is 4.95. The minimum Gasteiger partial charge on any atom is -0.485 e. The van der Waals surface area contributed by atoms with Gasteiger partial charge >= 0.3 is 5.82 Å².